The number of benzene rings is 1. The molecule has 0 amide bonds. The predicted molar refractivity (Wildman–Crippen MR) is 88.0 cm³/mol. The van der Waals surface area contributed by atoms with Gasteiger partial charge in [0.05, 0.1) is 0 Å². The van der Waals surface area contributed by atoms with Crippen LogP contribution in [0.1, 0.15) is 37.4 Å². The van der Waals surface area contributed by atoms with Crippen molar-refractivity contribution >= 4 is 0 Å². The van der Waals surface area contributed by atoms with Crippen molar-refractivity contribution in [2.45, 2.75) is 39.3 Å². The maximum absolute atomic E-state index is 6.36. The Morgan fingerprint density at radius 3 is 2.40 bits per heavy atom. The van der Waals surface area contributed by atoms with Crippen LogP contribution in [-0.2, 0) is 0 Å². The summed E-state index contributed by atoms with van der Waals surface area (Å²) in [6, 6.07) is 9.15. The molecule has 0 radical (unpaired) electrons. The van der Waals surface area contributed by atoms with Gasteiger partial charge in [0, 0.05) is 25.2 Å². The molecule has 0 aromatic heterocycles. The van der Waals surface area contributed by atoms with E-state index >= 15 is 0 Å². The first-order chi connectivity index (χ1) is 9.45. The summed E-state index contributed by atoms with van der Waals surface area (Å²) in [7, 11) is 4.26. The third-order valence-corrected chi connectivity index (χ3v) is 3.97. The van der Waals surface area contributed by atoms with E-state index in [4.69, 9.17) is 5.73 Å². The second kappa shape index (κ2) is 8.40. The molecule has 2 N–H and O–H groups in total. The van der Waals surface area contributed by atoms with Gasteiger partial charge >= 0.3 is 0 Å². The van der Waals surface area contributed by atoms with Crippen LogP contribution in [0.25, 0.3) is 0 Å². The molecule has 114 valence electrons. The molecule has 1 rings (SSSR count). The summed E-state index contributed by atoms with van der Waals surface area (Å²) in [5.41, 5.74) is 8.94. The van der Waals surface area contributed by atoms with Crippen LogP contribution in [0.15, 0.2) is 24.3 Å². The highest BCUT2D eigenvalue weighted by Crippen LogP contribution is 2.18. The van der Waals surface area contributed by atoms with Gasteiger partial charge in [-0.25, -0.2) is 0 Å². The van der Waals surface area contributed by atoms with E-state index < -0.39 is 0 Å². The minimum absolute atomic E-state index is 0.136. The maximum Gasteiger partial charge on any atom is 0.0309 e. The lowest BCUT2D eigenvalue weighted by Crippen LogP contribution is -2.41. The van der Waals surface area contributed by atoms with Crippen LogP contribution in [0.4, 0.5) is 0 Å². The van der Waals surface area contributed by atoms with Gasteiger partial charge < -0.3 is 10.6 Å². The Hall–Kier alpha value is -0.900. The van der Waals surface area contributed by atoms with Crippen LogP contribution in [0, 0.1) is 6.92 Å². The van der Waals surface area contributed by atoms with Gasteiger partial charge in [0.15, 0.2) is 0 Å². The molecule has 0 aliphatic carbocycles. The van der Waals surface area contributed by atoms with E-state index in [9.17, 15) is 0 Å². The standard InChI is InChI=1S/C17H31N3/c1-6-20(15(3)13-19(4)5)12-11-17(18)16-10-8-7-9-14(16)2/h7-10,15,17H,6,11-13,18H2,1-5H3. The Morgan fingerprint density at radius 1 is 1.20 bits per heavy atom. The van der Waals surface area contributed by atoms with Crippen LogP contribution >= 0.6 is 0 Å². The molecule has 20 heavy (non-hydrogen) atoms. The summed E-state index contributed by atoms with van der Waals surface area (Å²) in [4.78, 5) is 4.76. The van der Waals surface area contributed by atoms with Crippen molar-refractivity contribution in [3.05, 3.63) is 35.4 Å². The molecule has 1 aromatic rings. The summed E-state index contributed by atoms with van der Waals surface area (Å²) in [5, 5.41) is 0. The zero-order chi connectivity index (χ0) is 15.1. The second-order valence-corrected chi connectivity index (χ2v) is 5.99. The quantitative estimate of drug-likeness (QED) is 0.793. The summed E-state index contributed by atoms with van der Waals surface area (Å²) in [6.45, 7) is 9.89. The lowest BCUT2D eigenvalue weighted by molar-refractivity contribution is 0.176. The molecule has 0 aliphatic heterocycles. The van der Waals surface area contributed by atoms with Crippen molar-refractivity contribution in [1.29, 1.82) is 0 Å². The van der Waals surface area contributed by atoms with Crippen molar-refractivity contribution in [2.75, 3.05) is 33.7 Å². The first-order valence-electron chi connectivity index (χ1n) is 7.65. The van der Waals surface area contributed by atoms with E-state index in [2.05, 4.69) is 68.9 Å². The third kappa shape index (κ3) is 5.23. The monoisotopic (exact) mass is 277 g/mol. The minimum Gasteiger partial charge on any atom is -0.324 e. The zero-order valence-corrected chi connectivity index (χ0v) is 13.8. The molecular formula is C17H31N3. The highest BCUT2D eigenvalue weighted by atomic mass is 15.2. The molecule has 0 saturated heterocycles. The smallest absolute Gasteiger partial charge is 0.0309 e. The first-order valence-corrected chi connectivity index (χ1v) is 7.65. The van der Waals surface area contributed by atoms with Crippen LogP contribution < -0.4 is 5.73 Å². The SMILES string of the molecule is CCN(CCC(N)c1ccccc1C)C(C)CN(C)C. The molecular weight excluding hydrogens is 246 g/mol. The van der Waals surface area contributed by atoms with E-state index in [1.807, 2.05) is 0 Å². The van der Waals surface area contributed by atoms with Gasteiger partial charge in [-0.15, -0.1) is 0 Å². The van der Waals surface area contributed by atoms with Crippen LogP contribution in [0.3, 0.4) is 0 Å². The molecule has 0 aliphatic rings. The second-order valence-electron chi connectivity index (χ2n) is 5.99. The Labute approximate surface area is 124 Å². The number of hydrogen-bond donors (Lipinski definition) is 1. The Morgan fingerprint density at radius 2 is 1.85 bits per heavy atom. The minimum atomic E-state index is 0.136. The van der Waals surface area contributed by atoms with Crippen molar-refractivity contribution < 1.29 is 0 Å². The van der Waals surface area contributed by atoms with Crippen molar-refractivity contribution in [2.24, 2.45) is 5.73 Å². The van der Waals surface area contributed by atoms with Gasteiger partial charge in [-0.2, -0.15) is 0 Å². The molecule has 3 heteroatoms. The van der Waals surface area contributed by atoms with Crippen LogP contribution in [-0.4, -0.2) is 49.6 Å². The van der Waals surface area contributed by atoms with E-state index in [0.29, 0.717) is 6.04 Å². The fourth-order valence-electron chi connectivity index (χ4n) is 2.80. The lowest BCUT2D eigenvalue weighted by Gasteiger charge is -2.31. The summed E-state index contributed by atoms with van der Waals surface area (Å²) < 4.78 is 0. The topological polar surface area (TPSA) is 32.5 Å². The molecule has 0 fully saturated rings. The van der Waals surface area contributed by atoms with Crippen LogP contribution in [0.2, 0.25) is 0 Å². The number of rotatable bonds is 8. The predicted octanol–water partition coefficient (Wildman–Crippen LogP) is 2.66. The number of nitrogens with two attached hydrogens (primary N) is 1. The van der Waals surface area contributed by atoms with Crippen molar-refractivity contribution in [3.8, 4) is 0 Å². The largest absolute Gasteiger partial charge is 0.324 e. The van der Waals surface area contributed by atoms with E-state index in [1.165, 1.54) is 11.1 Å². The first kappa shape index (κ1) is 17.2. The summed E-state index contributed by atoms with van der Waals surface area (Å²) in [6.07, 6.45) is 1.01. The molecule has 2 unspecified atom stereocenters. The van der Waals surface area contributed by atoms with E-state index in [0.717, 1.165) is 26.1 Å². The van der Waals surface area contributed by atoms with Crippen molar-refractivity contribution in [3.63, 3.8) is 0 Å². The van der Waals surface area contributed by atoms with Gasteiger partial charge in [0.2, 0.25) is 0 Å². The summed E-state index contributed by atoms with van der Waals surface area (Å²) >= 11 is 0. The summed E-state index contributed by atoms with van der Waals surface area (Å²) in [5.74, 6) is 0. The Balaban J connectivity index is 2.54. The highest BCUT2D eigenvalue weighted by Gasteiger charge is 2.15. The average Bonchev–Trinajstić information content (AvgIpc) is 2.38. The van der Waals surface area contributed by atoms with Gasteiger partial charge in [-0.1, -0.05) is 31.2 Å². The molecule has 0 spiro atoms. The van der Waals surface area contributed by atoms with Crippen molar-refractivity contribution in [1.82, 2.24) is 9.80 Å². The normalized spacial score (nSPS) is 14.8. The molecule has 3 nitrogen and oxygen atoms in total. The highest BCUT2D eigenvalue weighted by molar-refractivity contribution is 5.28. The van der Waals surface area contributed by atoms with Gasteiger partial charge in [-0.05, 0) is 52.0 Å². The molecule has 2 atom stereocenters. The average molecular weight is 277 g/mol. The zero-order valence-electron chi connectivity index (χ0n) is 13.8. The molecule has 0 saturated carbocycles. The molecule has 0 heterocycles. The Kier molecular flexibility index (Phi) is 7.20. The van der Waals surface area contributed by atoms with E-state index in [1.54, 1.807) is 0 Å². The molecule has 1 aromatic carbocycles. The number of hydrogen-bond acceptors (Lipinski definition) is 3. The number of nitrogens with zero attached hydrogens (tertiary/aromatic N) is 2. The number of aryl methyl sites for hydroxylation is 1. The fourth-order valence-corrected chi connectivity index (χ4v) is 2.80. The van der Waals surface area contributed by atoms with Gasteiger partial charge in [-0.3, -0.25) is 4.90 Å². The molecule has 0 bridgehead atoms. The fraction of sp³-hybridized carbons (Fsp3) is 0.647. The third-order valence-electron chi connectivity index (χ3n) is 3.97. The van der Waals surface area contributed by atoms with Crippen LogP contribution in [0.5, 0.6) is 0 Å². The number of likely N-dealkylation sites (N-methyl/N-ethyl adjacent to an activating group) is 2. The Bertz CT molecular complexity index is 390. The maximum atomic E-state index is 6.36. The van der Waals surface area contributed by atoms with E-state index in [-0.39, 0.29) is 6.04 Å². The van der Waals surface area contributed by atoms with Gasteiger partial charge in [0.25, 0.3) is 0 Å². The lowest BCUT2D eigenvalue weighted by atomic mass is 9.99. The van der Waals surface area contributed by atoms with Gasteiger partial charge in [0.1, 0.15) is 0 Å².